The van der Waals surface area contributed by atoms with Crippen LogP contribution in [0.3, 0.4) is 0 Å². The Balaban J connectivity index is 2.22. The summed E-state index contributed by atoms with van der Waals surface area (Å²) in [4.78, 5) is 26.0. The van der Waals surface area contributed by atoms with Gasteiger partial charge in [0.25, 0.3) is 0 Å². The normalized spacial score (nSPS) is 17.0. The third-order valence-corrected chi connectivity index (χ3v) is 3.54. The Morgan fingerprint density at radius 1 is 1.30 bits per heavy atom. The van der Waals surface area contributed by atoms with Gasteiger partial charge in [-0.25, -0.2) is 4.79 Å². The highest BCUT2D eigenvalue weighted by Gasteiger charge is 2.36. The quantitative estimate of drug-likeness (QED) is 0.836. The Labute approximate surface area is 137 Å². The first-order valence-corrected chi connectivity index (χ1v) is 7.64. The second-order valence-corrected chi connectivity index (χ2v) is 7.55. The van der Waals surface area contributed by atoms with E-state index in [1.54, 1.807) is 30.1 Å². The van der Waals surface area contributed by atoms with Crippen molar-refractivity contribution < 1.29 is 14.3 Å². The van der Waals surface area contributed by atoms with Crippen molar-refractivity contribution in [2.24, 2.45) is 5.41 Å². The second kappa shape index (κ2) is 5.76. The lowest BCUT2D eigenvalue weighted by Gasteiger charge is -2.24. The first kappa shape index (κ1) is 17.1. The van der Waals surface area contributed by atoms with E-state index in [1.165, 1.54) is 0 Å². The molecule has 0 saturated heterocycles. The van der Waals surface area contributed by atoms with E-state index in [4.69, 9.17) is 4.74 Å². The average Bonchev–Trinajstić information content (AvgIpc) is 2.48. The molecule has 1 aliphatic rings. The molecule has 0 atom stereocenters. The summed E-state index contributed by atoms with van der Waals surface area (Å²) in [6.07, 6.45) is 0. The van der Waals surface area contributed by atoms with Crippen molar-refractivity contribution in [3.8, 4) is 5.75 Å². The highest BCUT2D eigenvalue weighted by Crippen LogP contribution is 2.37. The lowest BCUT2D eigenvalue weighted by atomic mass is 9.93. The molecule has 0 radical (unpaired) electrons. The SMILES string of the molecule is CN1C(=O)C(C)(C)COc2cc(NC(=O)NC(C)(C)C)ccc21. The fourth-order valence-electron chi connectivity index (χ4n) is 2.37. The highest BCUT2D eigenvalue weighted by atomic mass is 16.5. The molecule has 2 N–H and O–H groups in total. The Morgan fingerprint density at radius 2 is 1.96 bits per heavy atom. The summed E-state index contributed by atoms with van der Waals surface area (Å²) in [7, 11) is 1.73. The molecule has 0 aromatic heterocycles. The van der Waals surface area contributed by atoms with Gasteiger partial charge in [-0.15, -0.1) is 0 Å². The number of benzene rings is 1. The third-order valence-electron chi connectivity index (χ3n) is 3.54. The lowest BCUT2D eigenvalue weighted by Crippen LogP contribution is -2.43. The van der Waals surface area contributed by atoms with Gasteiger partial charge in [-0.3, -0.25) is 4.79 Å². The molecule has 126 valence electrons. The van der Waals surface area contributed by atoms with Crippen molar-refractivity contribution in [3.63, 3.8) is 0 Å². The van der Waals surface area contributed by atoms with Crippen molar-refractivity contribution in [1.29, 1.82) is 0 Å². The molecule has 0 spiro atoms. The topological polar surface area (TPSA) is 70.7 Å². The molecule has 1 heterocycles. The molecule has 1 aliphatic heterocycles. The molecule has 1 aromatic rings. The summed E-state index contributed by atoms with van der Waals surface area (Å²) in [6.45, 7) is 9.74. The molecule has 6 nitrogen and oxygen atoms in total. The first-order valence-electron chi connectivity index (χ1n) is 7.64. The van der Waals surface area contributed by atoms with Gasteiger partial charge in [-0.1, -0.05) is 0 Å². The maximum atomic E-state index is 12.4. The molecule has 3 amide bonds. The van der Waals surface area contributed by atoms with E-state index in [2.05, 4.69) is 10.6 Å². The zero-order valence-electron chi connectivity index (χ0n) is 14.6. The number of rotatable bonds is 1. The summed E-state index contributed by atoms with van der Waals surface area (Å²) in [5.74, 6) is 0.586. The van der Waals surface area contributed by atoms with Crippen LogP contribution >= 0.6 is 0 Å². The van der Waals surface area contributed by atoms with Crippen LogP contribution in [0.1, 0.15) is 34.6 Å². The van der Waals surface area contributed by atoms with Crippen molar-refractivity contribution in [3.05, 3.63) is 18.2 Å². The fourth-order valence-corrected chi connectivity index (χ4v) is 2.37. The van der Waals surface area contributed by atoms with Crippen LogP contribution in [0.2, 0.25) is 0 Å². The maximum absolute atomic E-state index is 12.4. The number of hydrogen-bond acceptors (Lipinski definition) is 3. The Hall–Kier alpha value is -2.24. The number of carbonyl (C=O) groups excluding carboxylic acids is 2. The van der Waals surface area contributed by atoms with Crippen molar-refractivity contribution in [2.45, 2.75) is 40.2 Å². The van der Waals surface area contributed by atoms with Gasteiger partial charge in [-0.05, 0) is 46.8 Å². The minimum atomic E-state index is -0.592. The number of anilines is 2. The molecular weight excluding hydrogens is 294 g/mol. The van der Waals surface area contributed by atoms with Crippen LogP contribution in [0.25, 0.3) is 0 Å². The molecule has 0 aliphatic carbocycles. The molecule has 0 saturated carbocycles. The Bertz CT molecular complexity index is 632. The number of fused-ring (bicyclic) bond motifs is 1. The molecule has 0 bridgehead atoms. The van der Waals surface area contributed by atoms with Crippen LogP contribution in [0.15, 0.2) is 18.2 Å². The summed E-state index contributed by atoms with van der Waals surface area (Å²) < 4.78 is 5.79. The molecule has 1 aromatic carbocycles. The number of hydrogen-bond donors (Lipinski definition) is 2. The summed E-state index contributed by atoms with van der Waals surface area (Å²) in [5.41, 5.74) is 0.405. The van der Waals surface area contributed by atoms with Crippen LogP contribution in [0.5, 0.6) is 5.75 Å². The highest BCUT2D eigenvalue weighted by molar-refractivity contribution is 5.99. The molecule has 23 heavy (non-hydrogen) atoms. The van der Waals surface area contributed by atoms with Gasteiger partial charge in [0, 0.05) is 24.3 Å². The van der Waals surface area contributed by atoms with E-state index in [-0.39, 0.29) is 17.5 Å². The fraction of sp³-hybridized carbons (Fsp3) is 0.529. The van der Waals surface area contributed by atoms with Crippen LogP contribution in [0, 0.1) is 5.41 Å². The van der Waals surface area contributed by atoms with E-state index in [9.17, 15) is 9.59 Å². The minimum absolute atomic E-state index is 0.00225. The van der Waals surface area contributed by atoms with Crippen LogP contribution in [-0.2, 0) is 4.79 Å². The van der Waals surface area contributed by atoms with Gasteiger partial charge in [-0.2, -0.15) is 0 Å². The Kier molecular flexibility index (Phi) is 4.28. The summed E-state index contributed by atoms with van der Waals surface area (Å²) >= 11 is 0. The number of urea groups is 1. The van der Waals surface area contributed by atoms with E-state index in [0.717, 1.165) is 0 Å². The zero-order valence-corrected chi connectivity index (χ0v) is 14.6. The number of amides is 3. The zero-order chi connectivity index (χ0) is 17.4. The second-order valence-electron chi connectivity index (χ2n) is 7.55. The van der Waals surface area contributed by atoms with Crippen molar-refractivity contribution >= 4 is 23.3 Å². The van der Waals surface area contributed by atoms with Gasteiger partial charge < -0.3 is 20.3 Å². The van der Waals surface area contributed by atoms with E-state index < -0.39 is 5.41 Å². The van der Waals surface area contributed by atoms with Gasteiger partial charge in [0.1, 0.15) is 12.4 Å². The van der Waals surface area contributed by atoms with Crippen LogP contribution in [0.4, 0.5) is 16.2 Å². The number of nitrogens with zero attached hydrogens (tertiary/aromatic N) is 1. The molecule has 2 rings (SSSR count). The molecule has 6 heteroatoms. The third kappa shape index (κ3) is 3.94. The predicted octanol–water partition coefficient (Wildman–Crippen LogP) is 2.99. The van der Waals surface area contributed by atoms with E-state index >= 15 is 0 Å². The number of nitrogens with one attached hydrogen (secondary N) is 2. The molecule has 0 unspecified atom stereocenters. The van der Waals surface area contributed by atoms with Crippen molar-refractivity contribution in [1.82, 2.24) is 5.32 Å². The lowest BCUT2D eigenvalue weighted by molar-refractivity contribution is -0.127. The minimum Gasteiger partial charge on any atom is -0.490 e. The van der Waals surface area contributed by atoms with Gasteiger partial charge in [0.2, 0.25) is 5.91 Å². The van der Waals surface area contributed by atoms with Gasteiger partial charge >= 0.3 is 6.03 Å². The molecular formula is C17H25N3O3. The monoisotopic (exact) mass is 319 g/mol. The molecule has 0 fully saturated rings. The number of ether oxygens (including phenoxy) is 1. The maximum Gasteiger partial charge on any atom is 0.319 e. The Morgan fingerprint density at radius 3 is 2.57 bits per heavy atom. The largest absolute Gasteiger partial charge is 0.490 e. The van der Waals surface area contributed by atoms with Gasteiger partial charge in [0.15, 0.2) is 0 Å². The van der Waals surface area contributed by atoms with Crippen molar-refractivity contribution in [2.75, 3.05) is 23.9 Å². The van der Waals surface area contributed by atoms with E-state index in [1.807, 2.05) is 34.6 Å². The summed E-state index contributed by atoms with van der Waals surface area (Å²) in [6, 6.07) is 4.99. The van der Waals surface area contributed by atoms with E-state index in [0.29, 0.717) is 23.7 Å². The summed E-state index contributed by atoms with van der Waals surface area (Å²) in [5, 5.41) is 5.62. The smallest absolute Gasteiger partial charge is 0.319 e. The predicted molar refractivity (Wildman–Crippen MR) is 91.0 cm³/mol. The average molecular weight is 319 g/mol. The van der Waals surface area contributed by atoms with Gasteiger partial charge in [0.05, 0.1) is 11.1 Å². The van der Waals surface area contributed by atoms with Crippen LogP contribution < -0.4 is 20.3 Å². The first-order chi connectivity index (χ1) is 10.5. The van der Waals surface area contributed by atoms with Crippen LogP contribution in [-0.4, -0.2) is 31.1 Å². The number of carbonyl (C=O) groups is 2. The standard InChI is InChI=1S/C17H25N3O3/c1-16(2,3)19-15(22)18-11-7-8-12-13(9-11)23-10-17(4,5)14(21)20(12)6/h7-9H,10H2,1-6H3,(H2,18,19,22).